The molecule has 4 heterocycles. The lowest BCUT2D eigenvalue weighted by Crippen LogP contribution is -2.29. The molecule has 2 atom stereocenters. The molecule has 2 aromatic rings. The molecule has 2 aliphatic rings. The fraction of sp³-hybridized carbons (Fsp3) is 0.600. The second kappa shape index (κ2) is 11.1. The first-order valence-corrected chi connectivity index (χ1v) is 13.0. The molecule has 0 radical (unpaired) electrons. The van der Waals surface area contributed by atoms with Crippen molar-refractivity contribution in [3.63, 3.8) is 0 Å². The Morgan fingerprint density at radius 2 is 1.03 bits per heavy atom. The Labute approximate surface area is 214 Å². The third kappa shape index (κ3) is 5.09. The molecule has 2 aliphatic heterocycles. The number of ketones is 2. The molecule has 0 amide bonds. The Hall–Kier alpha value is -3.70. The smallest absolute Gasteiger partial charge is 0.281 e. The van der Waals surface area contributed by atoms with Gasteiger partial charge in [-0.2, -0.15) is 0 Å². The van der Waals surface area contributed by atoms with Crippen molar-refractivity contribution in [3.8, 4) is 0 Å². The van der Waals surface area contributed by atoms with Gasteiger partial charge < -0.3 is 0 Å². The number of aryl methyl sites for hydroxylation is 2. The zero-order chi connectivity index (χ0) is 26.7. The number of hydrogen-bond donors (Lipinski definition) is 0. The summed E-state index contributed by atoms with van der Waals surface area (Å²) in [6, 6.07) is 0. The number of fused-ring (bicyclic) bond motifs is 2. The number of carbonyl (C=O) groups is 4. The van der Waals surface area contributed by atoms with Gasteiger partial charge in [0.2, 0.25) is 0 Å². The predicted molar refractivity (Wildman–Crippen MR) is 135 cm³/mol. The summed E-state index contributed by atoms with van der Waals surface area (Å²) in [5.74, 6) is -0.116. The van der Waals surface area contributed by atoms with Crippen molar-refractivity contribution in [2.45, 2.75) is 85.5 Å². The molecule has 0 unspecified atom stereocenters. The molecule has 0 bridgehead atoms. The molecule has 2 aromatic heterocycles. The molecule has 0 aromatic carbocycles. The Morgan fingerprint density at radius 1 is 0.649 bits per heavy atom. The van der Waals surface area contributed by atoms with Crippen LogP contribution in [0.4, 0.5) is 11.9 Å². The van der Waals surface area contributed by atoms with Crippen LogP contribution in [0.2, 0.25) is 0 Å². The summed E-state index contributed by atoms with van der Waals surface area (Å²) in [6.07, 6.45) is 6.42. The SMILES string of the molecule is CCC(=O)[C@@H](C)C1=Nc2nnc(CCCCCCCc3nnc4n3C(=O)C([C@H](C)C(=O)CC)=N4)n2C1=O. The number of carbonyl (C=O) groups excluding carboxylic acids is 4. The number of unbranched alkanes of at least 4 members (excludes halogenated alkanes) is 4. The number of aromatic nitrogens is 6. The van der Waals surface area contributed by atoms with E-state index in [1.165, 1.54) is 9.13 Å². The fourth-order valence-corrected chi connectivity index (χ4v) is 4.62. The van der Waals surface area contributed by atoms with E-state index in [9.17, 15) is 19.2 Å². The minimum Gasteiger partial charge on any atom is -0.299 e. The monoisotopic (exact) mass is 508 g/mol. The minimum atomic E-state index is -0.547. The van der Waals surface area contributed by atoms with E-state index in [1.807, 2.05) is 0 Å². The molecule has 12 nitrogen and oxygen atoms in total. The van der Waals surface area contributed by atoms with Gasteiger partial charge in [0, 0.05) is 25.7 Å². The zero-order valence-electron chi connectivity index (χ0n) is 21.7. The van der Waals surface area contributed by atoms with Gasteiger partial charge >= 0.3 is 0 Å². The van der Waals surface area contributed by atoms with Crippen molar-refractivity contribution < 1.29 is 19.2 Å². The number of rotatable bonds is 14. The lowest BCUT2D eigenvalue weighted by molar-refractivity contribution is -0.121. The van der Waals surface area contributed by atoms with E-state index >= 15 is 0 Å². The number of nitrogens with zero attached hydrogens (tertiary/aromatic N) is 8. The van der Waals surface area contributed by atoms with Crippen LogP contribution in [0.25, 0.3) is 0 Å². The number of Topliss-reactive ketones (excluding diaryl/α,β-unsaturated/α-hetero) is 2. The molecule has 0 aliphatic carbocycles. The fourth-order valence-electron chi connectivity index (χ4n) is 4.62. The van der Waals surface area contributed by atoms with Crippen molar-refractivity contribution in [3.05, 3.63) is 11.6 Å². The normalized spacial score (nSPS) is 15.9. The maximum atomic E-state index is 12.8. The highest BCUT2D eigenvalue weighted by molar-refractivity contribution is 6.46. The van der Waals surface area contributed by atoms with E-state index in [4.69, 9.17) is 0 Å². The largest absolute Gasteiger partial charge is 0.299 e. The van der Waals surface area contributed by atoms with E-state index in [0.29, 0.717) is 37.3 Å². The minimum absolute atomic E-state index is 0.0260. The number of aliphatic imine (C=N–C) groups is 2. The van der Waals surface area contributed by atoms with Crippen LogP contribution < -0.4 is 0 Å². The maximum absolute atomic E-state index is 12.8. The first-order chi connectivity index (χ1) is 17.8. The highest BCUT2D eigenvalue weighted by Crippen LogP contribution is 2.25. The first kappa shape index (κ1) is 26.4. The van der Waals surface area contributed by atoms with Crippen LogP contribution in [0, 0.1) is 11.8 Å². The molecule has 37 heavy (non-hydrogen) atoms. The summed E-state index contributed by atoms with van der Waals surface area (Å²) in [7, 11) is 0. The Morgan fingerprint density at radius 3 is 1.41 bits per heavy atom. The van der Waals surface area contributed by atoms with E-state index in [1.54, 1.807) is 27.7 Å². The van der Waals surface area contributed by atoms with Gasteiger partial charge in [-0.15, -0.1) is 20.4 Å². The van der Waals surface area contributed by atoms with E-state index in [-0.39, 0.29) is 46.7 Å². The summed E-state index contributed by atoms with van der Waals surface area (Å²) < 4.78 is 2.84. The number of hydrogen-bond acceptors (Lipinski definition) is 10. The first-order valence-electron chi connectivity index (χ1n) is 13.0. The highest BCUT2D eigenvalue weighted by atomic mass is 16.2. The van der Waals surface area contributed by atoms with Gasteiger partial charge in [-0.1, -0.05) is 33.1 Å². The maximum Gasteiger partial charge on any atom is 0.281 e. The van der Waals surface area contributed by atoms with Crippen molar-refractivity contribution in [2.75, 3.05) is 0 Å². The van der Waals surface area contributed by atoms with Gasteiger partial charge in [-0.25, -0.2) is 19.1 Å². The molecule has 0 fully saturated rings. The molecule has 0 N–H and O–H groups in total. The molecule has 12 heteroatoms. The van der Waals surface area contributed by atoms with Gasteiger partial charge in [0.15, 0.2) is 0 Å². The second-order valence-electron chi connectivity index (χ2n) is 9.46. The van der Waals surface area contributed by atoms with Crippen LogP contribution in [0.15, 0.2) is 9.98 Å². The van der Waals surface area contributed by atoms with Gasteiger partial charge in [0.25, 0.3) is 23.7 Å². The van der Waals surface area contributed by atoms with Crippen LogP contribution in [0.1, 0.15) is 93.9 Å². The summed E-state index contributed by atoms with van der Waals surface area (Å²) >= 11 is 0. The van der Waals surface area contributed by atoms with E-state index in [0.717, 1.165) is 32.1 Å². The molecule has 4 rings (SSSR count). The second-order valence-corrected chi connectivity index (χ2v) is 9.46. The van der Waals surface area contributed by atoms with Gasteiger partial charge in [0.05, 0.1) is 11.8 Å². The van der Waals surface area contributed by atoms with Crippen molar-refractivity contribution in [1.29, 1.82) is 0 Å². The summed E-state index contributed by atoms with van der Waals surface area (Å²) in [5, 5.41) is 16.2. The lowest BCUT2D eigenvalue weighted by Gasteiger charge is -2.08. The van der Waals surface area contributed by atoms with Crippen molar-refractivity contribution >= 4 is 46.7 Å². The van der Waals surface area contributed by atoms with Crippen LogP contribution in [0.5, 0.6) is 0 Å². The average Bonchev–Trinajstić information content (AvgIpc) is 3.65. The van der Waals surface area contributed by atoms with Gasteiger partial charge in [-0.3, -0.25) is 19.2 Å². The van der Waals surface area contributed by atoms with Crippen molar-refractivity contribution in [1.82, 2.24) is 29.5 Å². The van der Waals surface area contributed by atoms with Gasteiger partial charge in [-0.05, 0) is 26.7 Å². The van der Waals surface area contributed by atoms with Crippen LogP contribution in [-0.2, 0) is 22.4 Å². The molecule has 196 valence electrons. The zero-order valence-corrected chi connectivity index (χ0v) is 21.7. The van der Waals surface area contributed by atoms with E-state index in [2.05, 4.69) is 30.4 Å². The predicted octanol–water partition coefficient (Wildman–Crippen LogP) is 3.29. The van der Waals surface area contributed by atoms with Crippen LogP contribution >= 0.6 is 0 Å². The van der Waals surface area contributed by atoms with Crippen LogP contribution in [-0.4, -0.2) is 64.3 Å². The quantitative estimate of drug-likeness (QED) is 0.352. The molecule has 0 saturated carbocycles. The third-order valence-corrected chi connectivity index (χ3v) is 7.00. The molecular weight excluding hydrogens is 476 g/mol. The standard InChI is InChI=1S/C25H32N8O4/c1-5-16(34)14(3)20-22(36)32-18(28-30-24(32)26-20)12-10-8-7-9-11-13-19-29-31-25-27-21(23(37)33(19)25)15(4)17(35)6-2/h14-15H,5-13H2,1-4H3/t14-,15-/m1/s1. The topological polar surface area (TPSA) is 154 Å². The summed E-state index contributed by atoms with van der Waals surface area (Å²) in [6.45, 7) is 6.94. The van der Waals surface area contributed by atoms with Gasteiger partial charge in [0.1, 0.15) is 34.6 Å². The van der Waals surface area contributed by atoms with Crippen molar-refractivity contribution in [2.24, 2.45) is 21.8 Å². The summed E-state index contributed by atoms with van der Waals surface area (Å²) in [4.78, 5) is 58.0. The molecular formula is C25H32N8O4. The average molecular weight is 509 g/mol. The Balaban J connectivity index is 1.20. The molecule has 0 spiro atoms. The lowest BCUT2D eigenvalue weighted by atomic mass is 9.98. The third-order valence-electron chi connectivity index (χ3n) is 7.00. The highest BCUT2D eigenvalue weighted by Gasteiger charge is 2.35. The Kier molecular flexibility index (Phi) is 7.94. The van der Waals surface area contributed by atoms with Crippen LogP contribution in [0.3, 0.4) is 0 Å². The van der Waals surface area contributed by atoms with E-state index < -0.39 is 11.8 Å². The Bertz CT molecular complexity index is 1200. The molecule has 0 saturated heterocycles. The summed E-state index contributed by atoms with van der Waals surface area (Å²) in [5.41, 5.74) is 0.473.